The minimum Gasteiger partial charge on any atom is -0.409 e. The average Bonchev–Trinajstić information content (AvgIpc) is 3.58. The molecule has 1 unspecified atom stereocenters. The second-order valence-electron chi connectivity index (χ2n) is 11.8. The van der Waals surface area contributed by atoms with E-state index >= 15 is 0 Å². The molecule has 12 heteroatoms. The number of hydrogen-bond donors (Lipinski definition) is 2. The molecule has 2 saturated heterocycles. The molecule has 2 aliphatic heterocycles. The molecule has 1 aromatic carbocycles. The number of ether oxygens (including phenoxy) is 1. The molecule has 3 aliphatic rings. The lowest BCUT2D eigenvalue weighted by Gasteiger charge is -2.44. The molecule has 5 rings (SSSR count). The minimum atomic E-state index is -0.832. The van der Waals surface area contributed by atoms with Gasteiger partial charge in [0.1, 0.15) is 6.04 Å². The molecule has 44 heavy (non-hydrogen) atoms. The van der Waals surface area contributed by atoms with Gasteiger partial charge in [0.15, 0.2) is 5.75 Å². The molecule has 240 valence electrons. The number of carbonyl (C=O) groups excluding carboxylic acids is 3. The first-order chi connectivity index (χ1) is 21.4. The highest BCUT2D eigenvalue weighted by Crippen LogP contribution is 2.29. The van der Waals surface area contributed by atoms with Gasteiger partial charge in [-0.1, -0.05) is 67.9 Å². The third-order valence-corrected chi connectivity index (χ3v) is 11.0. The SMILES string of the molecule is CCSN1CCC([C@@H](NC2CCCCC2)C(=O)N2CCN(C(=O)Oc3ccccc3Cl)CC2C(=O)NCc2cccs2)CC1. The number of para-hydroxylation sites is 1. The van der Waals surface area contributed by atoms with Crippen molar-refractivity contribution in [2.24, 2.45) is 5.92 Å². The number of carbonyl (C=O) groups is 3. The zero-order valence-electron chi connectivity index (χ0n) is 25.4. The van der Waals surface area contributed by atoms with E-state index in [2.05, 4.69) is 21.9 Å². The molecule has 2 atom stereocenters. The molecule has 1 aromatic heterocycles. The van der Waals surface area contributed by atoms with E-state index in [1.807, 2.05) is 29.5 Å². The van der Waals surface area contributed by atoms with Crippen LogP contribution in [0.15, 0.2) is 41.8 Å². The van der Waals surface area contributed by atoms with Gasteiger partial charge in [-0.2, -0.15) is 0 Å². The Morgan fingerprint density at radius 3 is 2.50 bits per heavy atom. The molecule has 3 fully saturated rings. The summed E-state index contributed by atoms with van der Waals surface area (Å²) in [5.74, 6) is 1.19. The van der Waals surface area contributed by atoms with Crippen LogP contribution in [0, 0.1) is 5.92 Å². The van der Waals surface area contributed by atoms with Gasteiger partial charge in [0.25, 0.3) is 0 Å². The fraction of sp³-hybridized carbons (Fsp3) is 0.594. The van der Waals surface area contributed by atoms with E-state index in [1.165, 1.54) is 24.2 Å². The molecule has 3 heterocycles. The van der Waals surface area contributed by atoms with Crippen molar-refractivity contribution < 1.29 is 19.1 Å². The molecule has 3 amide bonds. The summed E-state index contributed by atoms with van der Waals surface area (Å²) in [7, 11) is 0. The van der Waals surface area contributed by atoms with Gasteiger partial charge >= 0.3 is 6.09 Å². The van der Waals surface area contributed by atoms with Gasteiger partial charge in [-0.15, -0.1) is 11.3 Å². The number of piperidine rings is 1. The van der Waals surface area contributed by atoms with Crippen molar-refractivity contribution in [3.63, 3.8) is 0 Å². The van der Waals surface area contributed by atoms with Crippen LogP contribution in [0.3, 0.4) is 0 Å². The number of amides is 3. The Hall–Kier alpha value is -2.31. The lowest BCUT2D eigenvalue weighted by molar-refractivity contribution is -0.146. The topological polar surface area (TPSA) is 94.2 Å². The Labute approximate surface area is 274 Å². The second-order valence-corrected chi connectivity index (χ2v) is 14.5. The fourth-order valence-electron chi connectivity index (χ4n) is 6.46. The van der Waals surface area contributed by atoms with Crippen molar-refractivity contribution >= 4 is 52.8 Å². The summed E-state index contributed by atoms with van der Waals surface area (Å²) in [5.41, 5.74) is 0. The molecule has 0 spiro atoms. The Morgan fingerprint density at radius 1 is 1.02 bits per heavy atom. The van der Waals surface area contributed by atoms with Gasteiger partial charge < -0.3 is 25.2 Å². The number of halogens is 1. The molecular formula is C32H44ClN5O4S2. The van der Waals surface area contributed by atoms with Crippen molar-refractivity contribution in [3.05, 3.63) is 51.7 Å². The van der Waals surface area contributed by atoms with E-state index in [0.29, 0.717) is 17.6 Å². The third kappa shape index (κ3) is 8.69. The van der Waals surface area contributed by atoms with Crippen molar-refractivity contribution in [2.75, 3.05) is 38.5 Å². The van der Waals surface area contributed by atoms with E-state index in [4.69, 9.17) is 16.3 Å². The van der Waals surface area contributed by atoms with E-state index in [-0.39, 0.29) is 49.2 Å². The molecule has 0 bridgehead atoms. The van der Waals surface area contributed by atoms with Crippen LogP contribution >= 0.6 is 34.9 Å². The fourth-order valence-corrected chi connectivity index (χ4v) is 8.11. The van der Waals surface area contributed by atoms with E-state index in [1.54, 1.807) is 40.5 Å². The Bertz CT molecular complexity index is 1240. The summed E-state index contributed by atoms with van der Waals surface area (Å²) >= 11 is 9.66. The first-order valence-electron chi connectivity index (χ1n) is 15.9. The van der Waals surface area contributed by atoms with Gasteiger partial charge in [0.05, 0.1) is 24.2 Å². The smallest absolute Gasteiger partial charge is 0.409 e. The molecular weight excluding hydrogens is 618 g/mol. The van der Waals surface area contributed by atoms with Crippen LogP contribution in [0.2, 0.25) is 5.02 Å². The summed E-state index contributed by atoms with van der Waals surface area (Å²) in [6.07, 6.45) is 7.00. The maximum atomic E-state index is 14.6. The van der Waals surface area contributed by atoms with Crippen LogP contribution in [0.1, 0.15) is 56.7 Å². The lowest BCUT2D eigenvalue weighted by atomic mass is 9.86. The van der Waals surface area contributed by atoms with Gasteiger partial charge in [0.2, 0.25) is 11.8 Å². The number of benzene rings is 1. The highest BCUT2D eigenvalue weighted by atomic mass is 35.5. The van der Waals surface area contributed by atoms with Crippen molar-refractivity contribution in [3.8, 4) is 5.75 Å². The van der Waals surface area contributed by atoms with Crippen LogP contribution in [0.4, 0.5) is 4.79 Å². The maximum absolute atomic E-state index is 14.6. The third-order valence-electron chi connectivity index (χ3n) is 8.84. The number of rotatable bonds is 10. The first kappa shape index (κ1) is 33.1. The summed E-state index contributed by atoms with van der Waals surface area (Å²) in [4.78, 5) is 45.8. The Morgan fingerprint density at radius 2 is 1.80 bits per heavy atom. The van der Waals surface area contributed by atoms with E-state index in [9.17, 15) is 14.4 Å². The van der Waals surface area contributed by atoms with Crippen LogP contribution in [0.25, 0.3) is 0 Å². The zero-order valence-corrected chi connectivity index (χ0v) is 27.8. The number of nitrogens with one attached hydrogen (secondary N) is 2. The van der Waals surface area contributed by atoms with Gasteiger partial charge in [-0.3, -0.25) is 13.9 Å². The van der Waals surface area contributed by atoms with Crippen LogP contribution < -0.4 is 15.4 Å². The Balaban J connectivity index is 1.34. The summed E-state index contributed by atoms with van der Waals surface area (Å²) in [5, 5.41) is 9.12. The quantitative estimate of drug-likeness (QED) is 0.330. The van der Waals surface area contributed by atoms with E-state index < -0.39 is 12.1 Å². The van der Waals surface area contributed by atoms with Gasteiger partial charge in [-0.25, -0.2) is 4.79 Å². The van der Waals surface area contributed by atoms with Crippen molar-refractivity contribution in [2.45, 2.75) is 76.5 Å². The average molecular weight is 662 g/mol. The Kier molecular flexibility index (Phi) is 12.3. The largest absolute Gasteiger partial charge is 0.415 e. The highest BCUT2D eigenvalue weighted by Gasteiger charge is 2.43. The molecule has 9 nitrogen and oxygen atoms in total. The second kappa shape index (κ2) is 16.3. The number of piperazine rings is 1. The predicted molar refractivity (Wildman–Crippen MR) is 177 cm³/mol. The summed E-state index contributed by atoms with van der Waals surface area (Å²) in [6.45, 7) is 5.01. The maximum Gasteiger partial charge on any atom is 0.415 e. The van der Waals surface area contributed by atoms with Crippen LogP contribution in [-0.4, -0.2) is 88.6 Å². The molecule has 2 aromatic rings. The standard InChI is InChI=1S/C32H44ClN5O4S2/c1-2-44-37-16-14-23(15-17-37)29(35-24-9-4-3-5-10-24)31(40)38-19-18-36(32(41)42-28-13-7-6-12-26(28)33)22-27(38)30(39)34-21-25-11-8-20-43-25/h6-8,11-13,20,23-24,27,29,35H,2-5,9-10,14-19,21-22H2,1H3,(H,34,39)/t27?,29-/m1/s1. The van der Waals surface area contributed by atoms with Gasteiger partial charge in [-0.05, 0) is 55.2 Å². The van der Waals surface area contributed by atoms with Crippen molar-refractivity contribution in [1.82, 2.24) is 24.7 Å². The lowest BCUT2D eigenvalue weighted by Crippen LogP contribution is -2.65. The predicted octanol–water partition coefficient (Wildman–Crippen LogP) is 5.40. The molecule has 1 aliphatic carbocycles. The summed E-state index contributed by atoms with van der Waals surface area (Å²) in [6, 6.07) is 9.83. The number of hydrogen-bond acceptors (Lipinski definition) is 8. The number of thiophene rings is 1. The van der Waals surface area contributed by atoms with Gasteiger partial charge in [0, 0.05) is 42.9 Å². The number of nitrogens with zero attached hydrogens (tertiary/aromatic N) is 3. The van der Waals surface area contributed by atoms with Crippen molar-refractivity contribution in [1.29, 1.82) is 0 Å². The molecule has 2 N–H and O–H groups in total. The minimum absolute atomic E-state index is 0.0347. The van der Waals surface area contributed by atoms with E-state index in [0.717, 1.165) is 49.4 Å². The first-order valence-corrected chi connectivity index (χ1v) is 18.1. The molecule has 0 radical (unpaired) electrons. The van der Waals surface area contributed by atoms with Crippen LogP contribution in [-0.2, 0) is 16.1 Å². The van der Waals surface area contributed by atoms with Crippen LogP contribution in [0.5, 0.6) is 5.75 Å². The molecule has 1 saturated carbocycles. The summed E-state index contributed by atoms with van der Waals surface area (Å²) < 4.78 is 8.01. The highest BCUT2D eigenvalue weighted by molar-refractivity contribution is 7.96. The normalized spacial score (nSPS) is 21.2. The monoisotopic (exact) mass is 661 g/mol. The zero-order chi connectivity index (χ0) is 30.9.